The SMILES string of the molecule is Cc1ccc([S@](=O)N[C@@H](CO)C(C)C)cc1. The lowest BCUT2D eigenvalue weighted by Gasteiger charge is -2.19. The van der Waals surface area contributed by atoms with Crippen molar-refractivity contribution in [2.24, 2.45) is 5.92 Å². The predicted octanol–water partition coefficient (Wildman–Crippen LogP) is 1.62. The van der Waals surface area contributed by atoms with E-state index in [0.717, 1.165) is 10.5 Å². The molecule has 3 nitrogen and oxygen atoms in total. The quantitative estimate of drug-likeness (QED) is 0.823. The van der Waals surface area contributed by atoms with E-state index in [1.807, 2.05) is 45.0 Å². The number of hydrogen-bond acceptors (Lipinski definition) is 2. The Bertz CT molecular complexity index is 349. The Morgan fingerprint density at radius 1 is 1.31 bits per heavy atom. The molecule has 16 heavy (non-hydrogen) atoms. The highest BCUT2D eigenvalue weighted by molar-refractivity contribution is 7.83. The van der Waals surface area contributed by atoms with Crippen LogP contribution < -0.4 is 4.72 Å². The van der Waals surface area contributed by atoms with Crippen LogP contribution in [0.15, 0.2) is 29.2 Å². The van der Waals surface area contributed by atoms with E-state index in [1.165, 1.54) is 0 Å². The van der Waals surface area contributed by atoms with Gasteiger partial charge in [-0.15, -0.1) is 0 Å². The van der Waals surface area contributed by atoms with Crippen molar-refractivity contribution in [1.29, 1.82) is 0 Å². The van der Waals surface area contributed by atoms with Gasteiger partial charge >= 0.3 is 0 Å². The maximum Gasteiger partial charge on any atom is 0.125 e. The lowest BCUT2D eigenvalue weighted by atomic mass is 10.1. The molecule has 0 aliphatic carbocycles. The third-order valence-corrected chi connectivity index (χ3v) is 3.71. The zero-order chi connectivity index (χ0) is 12.1. The minimum Gasteiger partial charge on any atom is -0.395 e. The maximum absolute atomic E-state index is 11.9. The van der Waals surface area contributed by atoms with Crippen LogP contribution in [0, 0.1) is 12.8 Å². The average molecular weight is 241 g/mol. The van der Waals surface area contributed by atoms with Gasteiger partial charge in [-0.25, -0.2) is 8.93 Å². The van der Waals surface area contributed by atoms with Crippen molar-refractivity contribution in [2.45, 2.75) is 31.7 Å². The lowest BCUT2D eigenvalue weighted by Crippen LogP contribution is -2.38. The van der Waals surface area contributed by atoms with Crippen LogP contribution in [0.25, 0.3) is 0 Å². The van der Waals surface area contributed by atoms with Gasteiger partial charge in [0.05, 0.1) is 11.5 Å². The standard InChI is InChI=1S/C12H19NO2S/c1-9(2)12(8-14)13-16(15)11-6-4-10(3)5-7-11/h4-7,9,12-14H,8H2,1-3H3/t12-,16-/m0/s1. The van der Waals surface area contributed by atoms with Gasteiger partial charge < -0.3 is 5.11 Å². The van der Waals surface area contributed by atoms with Gasteiger partial charge in [0.25, 0.3) is 0 Å². The second kappa shape index (κ2) is 6.13. The summed E-state index contributed by atoms with van der Waals surface area (Å²) in [6, 6.07) is 7.40. The monoisotopic (exact) mass is 241 g/mol. The topological polar surface area (TPSA) is 49.3 Å². The van der Waals surface area contributed by atoms with Gasteiger partial charge in [0.15, 0.2) is 0 Å². The first-order chi connectivity index (χ1) is 7.54. The highest BCUT2D eigenvalue weighted by Gasteiger charge is 2.15. The smallest absolute Gasteiger partial charge is 0.125 e. The van der Waals surface area contributed by atoms with E-state index in [2.05, 4.69) is 4.72 Å². The Balaban J connectivity index is 2.68. The summed E-state index contributed by atoms with van der Waals surface area (Å²) < 4.78 is 14.8. The van der Waals surface area contributed by atoms with E-state index < -0.39 is 11.0 Å². The summed E-state index contributed by atoms with van der Waals surface area (Å²) in [5.74, 6) is 0.249. The van der Waals surface area contributed by atoms with E-state index in [4.69, 9.17) is 5.11 Å². The zero-order valence-corrected chi connectivity index (χ0v) is 10.8. The van der Waals surface area contributed by atoms with Gasteiger partial charge in [0.1, 0.15) is 11.0 Å². The summed E-state index contributed by atoms with van der Waals surface area (Å²) in [5, 5.41) is 9.14. The van der Waals surface area contributed by atoms with Gasteiger partial charge in [-0.2, -0.15) is 0 Å². The number of rotatable bonds is 5. The molecule has 0 fully saturated rings. The molecule has 1 aromatic rings. The molecule has 2 N–H and O–H groups in total. The fraction of sp³-hybridized carbons (Fsp3) is 0.500. The van der Waals surface area contributed by atoms with Gasteiger partial charge in [-0.1, -0.05) is 31.5 Å². The molecule has 0 spiro atoms. The van der Waals surface area contributed by atoms with E-state index in [9.17, 15) is 4.21 Å². The molecule has 0 aromatic heterocycles. The third kappa shape index (κ3) is 3.70. The first kappa shape index (κ1) is 13.4. The lowest BCUT2D eigenvalue weighted by molar-refractivity contribution is 0.229. The Labute approximate surface area is 99.5 Å². The van der Waals surface area contributed by atoms with Crippen LogP contribution in [0.4, 0.5) is 0 Å². The fourth-order valence-corrected chi connectivity index (χ4v) is 2.39. The van der Waals surface area contributed by atoms with Crippen molar-refractivity contribution in [3.63, 3.8) is 0 Å². The molecule has 0 bridgehead atoms. The Hall–Kier alpha value is -0.710. The molecule has 0 aliphatic rings. The minimum atomic E-state index is -1.25. The van der Waals surface area contributed by atoms with Crippen LogP contribution in [-0.4, -0.2) is 22.0 Å². The minimum absolute atomic E-state index is 0.00469. The molecule has 90 valence electrons. The molecule has 0 amide bonds. The van der Waals surface area contributed by atoms with Crippen LogP contribution in [0.5, 0.6) is 0 Å². The number of nitrogens with one attached hydrogen (secondary N) is 1. The molecular formula is C12H19NO2S. The number of aliphatic hydroxyl groups is 1. The Morgan fingerprint density at radius 2 is 1.88 bits per heavy atom. The Morgan fingerprint density at radius 3 is 2.31 bits per heavy atom. The summed E-state index contributed by atoms with van der Waals surface area (Å²) in [4.78, 5) is 0.740. The highest BCUT2D eigenvalue weighted by atomic mass is 32.2. The molecular weight excluding hydrogens is 222 g/mol. The number of hydrogen-bond donors (Lipinski definition) is 2. The zero-order valence-electron chi connectivity index (χ0n) is 9.93. The van der Waals surface area contributed by atoms with E-state index >= 15 is 0 Å². The first-order valence-corrected chi connectivity index (χ1v) is 6.55. The van der Waals surface area contributed by atoms with Crippen molar-refractivity contribution in [2.75, 3.05) is 6.61 Å². The Kier molecular flexibility index (Phi) is 5.12. The second-order valence-electron chi connectivity index (χ2n) is 4.23. The van der Waals surface area contributed by atoms with Crippen molar-refractivity contribution in [1.82, 2.24) is 4.72 Å². The molecule has 0 radical (unpaired) electrons. The van der Waals surface area contributed by atoms with Crippen molar-refractivity contribution in [3.8, 4) is 0 Å². The van der Waals surface area contributed by atoms with Crippen molar-refractivity contribution >= 4 is 11.0 Å². The molecule has 0 saturated carbocycles. The summed E-state index contributed by atoms with van der Waals surface area (Å²) in [7, 11) is -1.25. The number of aliphatic hydroxyl groups excluding tert-OH is 1. The summed E-state index contributed by atoms with van der Waals surface area (Å²) >= 11 is 0. The molecule has 1 aromatic carbocycles. The number of benzene rings is 1. The molecule has 0 heterocycles. The van der Waals surface area contributed by atoms with Gasteiger partial charge in [0.2, 0.25) is 0 Å². The summed E-state index contributed by atoms with van der Waals surface area (Å²) in [5.41, 5.74) is 1.14. The van der Waals surface area contributed by atoms with E-state index in [1.54, 1.807) is 0 Å². The summed E-state index contributed by atoms with van der Waals surface area (Å²) in [6.45, 7) is 5.96. The van der Waals surface area contributed by atoms with Crippen LogP contribution in [0.3, 0.4) is 0 Å². The van der Waals surface area contributed by atoms with Crippen LogP contribution >= 0.6 is 0 Å². The molecule has 0 saturated heterocycles. The first-order valence-electron chi connectivity index (χ1n) is 5.40. The van der Waals surface area contributed by atoms with Crippen molar-refractivity contribution < 1.29 is 9.32 Å². The van der Waals surface area contributed by atoms with Crippen molar-refractivity contribution in [3.05, 3.63) is 29.8 Å². The maximum atomic E-state index is 11.9. The highest BCUT2D eigenvalue weighted by Crippen LogP contribution is 2.09. The van der Waals surface area contributed by atoms with E-state index in [-0.39, 0.29) is 18.6 Å². The summed E-state index contributed by atoms with van der Waals surface area (Å²) in [6.07, 6.45) is 0. The van der Waals surface area contributed by atoms with Gasteiger partial charge in [0, 0.05) is 6.04 Å². The van der Waals surface area contributed by atoms with E-state index in [0.29, 0.717) is 0 Å². The predicted molar refractivity (Wildman–Crippen MR) is 66.4 cm³/mol. The molecule has 0 unspecified atom stereocenters. The average Bonchev–Trinajstić information content (AvgIpc) is 2.26. The molecule has 0 aliphatic heterocycles. The normalized spacial score (nSPS) is 15.1. The van der Waals surface area contributed by atoms with Gasteiger partial charge in [-0.05, 0) is 25.0 Å². The van der Waals surface area contributed by atoms with Crippen LogP contribution in [0.1, 0.15) is 19.4 Å². The van der Waals surface area contributed by atoms with Crippen LogP contribution in [0.2, 0.25) is 0 Å². The van der Waals surface area contributed by atoms with Crippen LogP contribution in [-0.2, 0) is 11.0 Å². The molecule has 1 rings (SSSR count). The third-order valence-electron chi connectivity index (χ3n) is 2.49. The fourth-order valence-electron chi connectivity index (χ4n) is 1.25. The number of aryl methyl sites for hydroxylation is 1. The molecule has 2 atom stereocenters. The second-order valence-corrected chi connectivity index (χ2v) is 5.48. The molecule has 4 heteroatoms. The van der Waals surface area contributed by atoms with Gasteiger partial charge in [-0.3, -0.25) is 0 Å². The largest absolute Gasteiger partial charge is 0.395 e.